The molecule has 0 bridgehead atoms. The number of alkyl halides is 2. The maximum atomic E-state index is 12.7. The Morgan fingerprint density at radius 3 is 2.96 bits per heavy atom. The van der Waals surface area contributed by atoms with Crippen molar-refractivity contribution in [3.8, 4) is 0 Å². The molecule has 0 aromatic carbocycles. The summed E-state index contributed by atoms with van der Waals surface area (Å²) in [5, 5.41) is 11.9. The summed E-state index contributed by atoms with van der Waals surface area (Å²) in [6.07, 6.45) is 6.03. The van der Waals surface area contributed by atoms with Crippen LogP contribution >= 0.6 is 0 Å². The van der Waals surface area contributed by atoms with Crippen molar-refractivity contribution in [2.24, 2.45) is 5.92 Å². The molecule has 1 N–H and O–H groups in total. The van der Waals surface area contributed by atoms with E-state index in [9.17, 15) is 8.78 Å². The molecule has 2 aromatic rings. The molecule has 0 atom stereocenters. The molecule has 128 valence electrons. The molecule has 2 aromatic heterocycles. The van der Waals surface area contributed by atoms with Gasteiger partial charge >= 0.3 is 6.55 Å². The lowest BCUT2D eigenvalue weighted by Gasteiger charge is -2.40. The van der Waals surface area contributed by atoms with Gasteiger partial charge in [-0.3, -0.25) is 4.57 Å². The van der Waals surface area contributed by atoms with E-state index >= 15 is 0 Å². The Labute approximate surface area is 138 Å². The molecule has 1 fully saturated rings. The maximum absolute atomic E-state index is 12.7. The fraction of sp³-hybridized carbons (Fsp3) is 0.562. The molecule has 0 saturated carbocycles. The number of rotatable bonds is 6. The Hall–Kier alpha value is -2.09. The highest BCUT2D eigenvalue weighted by molar-refractivity contribution is 5.45. The highest BCUT2D eigenvalue weighted by Gasteiger charge is 2.28. The first-order valence-corrected chi connectivity index (χ1v) is 8.31. The van der Waals surface area contributed by atoms with Crippen molar-refractivity contribution in [2.45, 2.75) is 32.4 Å². The smallest absolute Gasteiger partial charge is 0.319 e. The van der Waals surface area contributed by atoms with Gasteiger partial charge in [0, 0.05) is 37.9 Å². The molecule has 2 aliphatic rings. The number of fused-ring (bicyclic) bond motifs is 1. The lowest BCUT2D eigenvalue weighted by atomic mass is 10.00. The molecule has 0 radical (unpaired) electrons. The van der Waals surface area contributed by atoms with Crippen molar-refractivity contribution >= 4 is 5.82 Å². The second kappa shape index (κ2) is 6.43. The van der Waals surface area contributed by atoms with Gasteiger partial charge in [0.25, 0.3) is 0 Å². The quantitative estimate of drug-likeness (QED) is 0.873. The summed E-state index contributed by atoms with van der Waals surface area (Å²) in [6.45, 7) is 0.437. The van der Waals surface area contributed by atoms with Crippen molar-refractivity contribution in [2.75, 3.05) is 24.5 Å². The Balaban J connectivity index is 1.24. The van der Waals surface area contributed by atoms with Gasteiger partial charge in [-0.15, -0.1) is 5.10 Å². The monoisotopic (exact) mass is 334 g/mol. The van der Waals surface area contributed by atoms with Crippen LogP contribution in [0.15, 0.2) is 18.5 Å². The zero-order valence-electron chi connectivity index (χ0n) is 13.3. The number of aryl methyl sites for hydroxylation is 2. The fourth-order valence-electron chi connectivity index (χ4n) is 3.40. The minimum Gasteiger partial charge on any atom is -0.354 e. The zero-order valence-corrected chi connectivity index (χ0v) is 13.3. The first-order valence-electron chi connectivity index (χ1n) is 8.31. The molecular formula is C16H20F2N6. The summed E-state index contributed by atoms with van der Waals surface area (Å²) in [7, 11) is 0. The van der Waals surface area contributed by atoms with Crippen LogP contribution in [0, 0.1) is 5.92 Å². The van der Waals surface area contributed by atoms with E-state index in [0.717, 1.165) is 48.6 Å². The molecule has 24 heavy (non-hydrogen) atoms. The summed E-state index contributed by atoms with van der Waals surface area (Å²) in [5.41, 5.74) is 2.48. The molecule has 1 aliphatic heterocycles. The SMILES string of the molecule is FC(F)n1ccnc1CNCC1CN(c2cc3c(nn2)CCC3)C1. The number of aromatic nitrogens is 4. The van der Waals surface area contributed by atoms with Gasteiger partial charge in [0.15, 0.2) is 5.82 Å². The third kappa shape index (κ3) is 2.98. The molecular weight excluding hydrogens is 314 g/mol. The average molecular weight is 334 g/mol. The predicted octanol–water partition coefficient (Wildman–Crippen LogP) is 1.78. The van der Waals surface area contributed by atoms with E-state index in [1.54, 1.807) is 0 Å². The van der Waals surface area contributed by atoms with Gasteiger partial charge in [0.2, 0.25) is 0 Å². The summed E-state index contributed by atoms with van der Waals surface area (Å²) in [6, 6.07) is 2.17. The van der Waals surface area contributed by atoms with Crippen LogP contribution in [0.25, 0.3) is 0 Å². The summed E-state index contributed by atoms with van der Waals surface area (Å²) < 4.78 is 26.4. The van der Waals surface area contributed by atoms with Crippen LogP contribution in [0.2, 0.25) is 0 Å². The van der Waals surface area contributed by atoms with Crippen LogP contribution in [-0.4, -0.2) is 39.4 Å². The minimum absolute atomic E-state index is 0.354. The molecule has 1 aliphatic carbocycles. The Kier molecular flexibility index (Phi) is 4.13. The largest absolute Gasteiger partial charge is 0.354 e. The van der Waals surface area contributed by atoms with Gasteiger partial charge in [-0.2, -0.15) is 13.9 Å². The minimum atomic E-state index is -2.54. The second-order valence-corrected chi connectivity index (χ2v) is 6.46. The van der Waals surface area contributed by atoms with Gasteiger partial charge in [-0.25, -0.2) is 4.98 Å². The van der Waals surface area contributed by atoms with E-state index in [-0.39, 0.29) is 0 Å². The van der Waals surface area contributed by atoms with Gasteiger partial charge in [0.05, 0.1) is 12.2 Å². The first-order chi connectivity index (χ1) is 11.7. The van der Waals surface area contributed by atoms with E-state index < -0.39 is 6.55 Å². The van der Waals surface area contributed by atoms with Crippen LogP contribution in [0.3, 0.4) is 0 Å². The topological polar surface area (TPSA) is 58.9 Å². The lowest BCUT2D eigenvalue weighted by molar-refractivity contribution is 0.0665. The highest BCUT2D eigenvalue weighted by atomic mass is 19.3. The standard InChI is InChI=1S/C16H20F2N6/c17-16(18)24-5-4-20-15(24)8-19-7-11-9-23(10-11)14-6-12-2-1-3-13(12)21-22-14/h4-6,11,16,19H,1-3,7-10H2. The Morgan fingerprint density at radius 2 is 2.12 bits per heavy atom. The number of hydrogen-bond donors (Lipinski definition) is 1. The van der Waals surface area contributed by atoms with Crippen molar-refractivity contribution in [1.82, 2.24) is 25.1 Å². The zero-order chi connectivity index (χ0) is 16.5. The van der Waals surface area contributed by atoms with Crippen LogP contribution in [0.5, 0.6) is 0 Å². The first kappa shape index (κ1) is 15.4. The molecule has 0 amide bonds. The third-order valence-corrected chi connectivity index (χ3v) is 4.76. The lowest BCUT2D eigenvalue weighted by Crippen LogP contribution is -2.51. The normalized spacial score (nSPS) is 17.4. The van der Waals surface area contributed by atoms with Gasteiger partial charge in [-0.1, -0.05) is 0 Å². The number of nitrogens with zero attached hydrogens (tertiary/aromatic N) is 5. The van der Waals surface area contributed by atoms with Crippen molar-refractivity contribution in [3.63, 3.8) is 0 Å². The van der Waals surface area contributed by atoms with Crippen molar-refractivity contribution in [1.29, 1.82) is 0 Å². The van der Waals surface area contributed by atoms with Gasteiger partial charge in [0.1, 0.15) is 5.82 Å². The second-order valence-electron chi connectivity index (χ2n) is 6.46. The van der Waals surface area contributed by atoms with Crippen molar-refractivity contribution < 1.29 is 8.78 Å². The van der Waals surface area contributed by atoms with E-state index in [1.807, 2.05) is 0 Å². The molecule has 6 nitrogen and oxygen atoms in total. The summed E-state index contributed by atoms with van der Waals surface area (Å²) >= 11 is 0. The fourth-order valence-corrected chi connectivity index (χ4v) is 3.40. The van der Waals surface area contributed by atoms with Crippen LogP contribution in [0.1, 0.15) is 30.1 Å². The van der Waals surface area contributed by atoms with E-state index in [0.29, 0.717) is 18.3 Å². The summed E-state index contributed by atoms with van der Waals surface area (Å²) in [4.78, 5) is 6.19. The maximum Gasteiger partial charge on any atom is 0.319 e. The van der Waals surface area contributed by atoms with Crippen LogP contribution in [-0.2, 0) is 19.4 Å². The molecule has 8 heteroatoms. The summed E-state index contributed by atoms with van der Waals surface area (Å²) in [5.74, 6) is 1.82. The highest BCUT2D eigenvalue weighted by Crippen LogP contribution is 2.26. The number of hydrogen-bond acceptors (Lipinski definition) is 5. The molecule has 0 unspecified atom stereocenters. The molecule has 1 saturated heterocycles. The molecule has 0 spiro atoms. The van der Waals surface area contributed by atoms with E-state index in [1.165, 1.54) is 24.4 Å². The predicted molar refractivity (Wildman–Crippen MR) is 84.9 cm³/mol. The third-order valence-electron chi connectivity index (χ3n) is 4.76. The number of anilines is 1. The average Bonchev–Trinajstić information content (AvgIpc) is 3.17. The van der Waals surface area contributed by atoms with Gasteiger partial charge in [-0.05, 0) is 30.9 Å². The Morgan fingerprint density at radius 1 is 1.25 bits per heavy atom. The van der Waals surface area contributed by atoms with Crippen LogP contribution in [0.4, 0.5) is 14.6 Å². The van der Waals surface area contributed by atoms with E-state index in [2.05, 4.69) is 31.5 Å². The number of imidazole rings is 1. The van der Waals surface area contributed by atoms with E-state index in [4.69, 9.17) is 0 Å². The Bertz CT molecular complexity index is 710. The number of halogens is 2. The molecule has 3 heterocycles. The van der Waals surface area contributed by atoms with Crippen molar-refractivity contribution in [3.05, 3.63) is 35.5 Å². The molecule has 4 rings (SSSR count). The number of nitrogens with one attached hydrogen (secondary N) is 1. The van der Waals surface area contributed by atoms with Gasteiger partial charge < -0.3 is 10.2 Å². The van der Waals surface area contributed by atoms with Crippen LogP contribution < -0.4 is 10.2 Å².